The number of pyridine rings is 3. The first-order valence-corrected chi connectivity index (χ1v) is 39.0. The van der Waals surface area contributed by atoms with E-state index in [1.54, 1.807) is 47.2 Å². The van der Waals surface area contributed by atoms with Gasteiger partial charge in [0.15, 0.2) is 12.2 Å². The van der Waals surface area contributed by atoms with Crippen molar-refractivity contribution in [1.82, 2.24) is 83.4 Å². The van der Waals surface area contributed by atoms with Gasteiger partial charge in [-0.1, -0.05) is 35.9 Å². The number of aryl methyl sites for hydroxylation is 6. The Morgan fingerprint density at radius 2 is 0.878 bits per heavy atom. The molecule has 0 aliphatic carbocycles. The van der Waals surface area contributed by atoms with Gasteiger partial charge in [-0.2, -0.15) is 30.6 Å². The third-order valence-corrected chi connectivity index (χ3v) is 21.6. The fraction of sp³-hybridized carbons (Fsp3) is 0.494. The molecule has 4 aliphatic heterocycles. The smallest absolute Gasteiger partial charge is 0.497 e. The summed E-state index contributed by atoms with van der Waals surface area (Å²) >= 11 is 6.14. The summed E-state index contributed by atoms with van der Waals surface area (Å²) in [4.78, 5) is 53.9. The lowest BCUT2D eigenvalue weighted by Crippen LogP contribution is -2.41. The van der Waals surface area contributed by atoms with Crippen LogP contribution in [0.15, 0.2) is 104 Å². The van der Waals surface area contributed by atoms with E-state index in [-0.39, 0.29) is 65.3 Å². The SMILES string of the molecule is CC(C)(C)n1cc(B2OC(C)(C)C(C)(C)O2)cn1.COc1ccc(CN2C[C@H]([C@@H](C)Oc3nc(-c4cnn(C(C)(C)C)c4)cc4nn(C)c(C)c34)OC2=O)cc1.COc1ccc(CN2C[C@H]([C@@H](C)Oc3nc(Cl)cc4nn(C)c(C)c34)OC2=O)cc1.Cc1c2c(O[C@H](C)[C@H]3CCC(=O)O3)nc(-c3cnn(C(C)(C)C)c3)cc2nn1C. The molecule has 4 saturated heterocycles. The zero-order valence-corrected chi connectivity index (χ0v) is 71.1. The summed E-state index contributed by atoms with van der Waals surface area (Å²) in [7, 11) is 8.57. The van der Waals surface area contributed by atoms with E-state index in [1.165, 1.54) is 0 Å². The molecule has 115 heavy (non-hydrogen) atoms. The van der Waals surface area contributed by atoms with E-state index in [4.69, 9.17) is 68.8 Å². The third-order valence-electron chi connectivity index (χ3n) is 21.4. The lowest BCUT2D eigenvalue weighted by atomic mass is 9.82. The van der Waals surface area contributed by atoms with Gasteiger partial charge in [-0.3, -0.25) is 32.9 Å². The second kappa shape index (κ2) is 32.8. The van der Waals surface area contributed by atoms with E-state index in [1.807, 2.05) is 172 Å². The molecule has 11 aromatic rings. The zero-order chi connectivity index (χ0) is 83.3. The molecule has 0 unspecified atom stereocenters. The number of carbonyl (C=O) groups excluding carboxylic acids is 3. The summed E-state index contributed by atoms with van der Waals surface area (Å²) in [5.41, 5.74) is 10.4. The summed E-state index contributed by atoms with van der Waals surface area (Å²) < 4.78 is 68.9. The Morgan fingerprint density at radius 3 is 1.23 bits per heavy atom. The number of hydrogen-bond donors (Lipinski definition) is 0. The van der Waals surface area contributed by atoms with E-state index >= 15 is 0 Å². The van der Waals surface area contributed by atoms with Crippen molar-refractivity contribution in [2.24, 2.45) is 21.1 Å². The molecule has 4 fully saturated rings. The second-order valence-electron chi connectivity index (χ2n) is 33.7. The van der Waals surface area contributed by atoms with Crippen LogP contribution in [0, 0.1) is 20.8 Å². The Morgan fingerprint density at radius 1 is 0.513 bits per heavy atom. The minimum Gasteiger partial charge on any atom is -0.497 e. The van der Waals surface area contributed by atoms with Crippen LogP contribution in [-0.4, -0.2) is 184 Å². The van der Waals surface area contributed by atoms with Crippen LogP contribution in [0.2, 0.25) is 5.15 Å². The highest BCUT2D eigenvalue weighted by atomic mass is 35.5. The molecular formula is C83H107BClN17O13. The summed E-state index contributed by atoms with van der Waals surface area (Å²) in [6, 6.07) is 20.9. The van der Waals surface area contributed by atoms with Crippen LogP contribution in [0.3, 0.4) is 0 Å². The average Bonchev–Trinajstić information content (AvgIpc) is 1.63. The Bertz CT molecular complexity index is 5320. The van der Waals surface area contributed by atoms with Gasteiger partial charge in [-0.25, -0.2) is 24.5 Å². The van der Waals surface area contributed by atoms with Gasteiger partial charge >= 0.3 is 25.3 Å². The van der Waals surface area contributed by atoms with Gasteiger partial charge in [0.05, 0.1) is 95.1 Å². The van der Waals surface area contributed by atoms with Gasteiger partial charge in [-0.05, 0) is 185 Å². The fourth-order valence-corrected chi connectivity index (χ4v) is 13.5. The summed E-state index contributed by atoms with van der Waals surface area (Å²) in [5, 5.41) is 29.9. The van der Waals surface area contributed by atoms with Gasteiger partial charge < -0.3 is 57.0 Å². The van der Waals surface area contributed by atoms with Crippen molar-refractivity contribution < 1.29 is 61.6 Å². The van der Waals surface area contributed by atoms with Crippen molar-refractivity contribution in [1.29, 1.82) is 0 Å². The molecule has 15 rings (SSSR count). The Hall–Kier alpha value is -10.8. The van der Waals surface area contributed by atoms with Crippen LogP contribution in [0.5, 0.6) is 29.1 Å². The number of halogens is 1. The summed E-state index contributed by atoms with van der Waals surface area (Å²) in [5.74, 6) is 2.72. The van der Waals surface area contributed by atoms with E-state index in [0.29, 0.717) is 67.3 Å². The van der Waals surface area contributed by atoms with Gasteiger partial charge in [0.2, 0.25) is 17.6 Å². The fourth-order valence-electron chi connectivity index (χ4n) is 13.3. The first-order chi connectivity index (χ1) is 54.0. The largest absolute Gasteiger partial charge is 0.498 e. The van der Waals surface area contributed by atoms with Crippen LogP contribution in [-0.2, 0) is 79.2 Å². The molecule has 32 heteroatoms. The number of aromatic nitrogens is 15. The number of hydrogen-bond acceptors (Lipinski definition) is 22. The van der Waals surface area contributed by atoms with Crippen molar-refractivity contribution in [3.05, 3.63) is 137 Å². The molecule has 0 N–H and O–H groups in total. The van der Waals surface area contributed by atoms with Gasteiger partial charge in [0.1, 0.15) is 57.6 Å². The number of ether oxygens (including phenoxy) is 8. The number of nitrogens with zero attached hydrogens (tertiary/aromatic N) is 17. The number of esters is 1. The standard InChI is InChI=1S/C28H34N6O4.C21H23ClN4O4.C21H27N5O3.C13H23BN2O2/c1-17-25-23(31-32(17)6)12-22(20-13-29-34(15-20)28(3,4)5)30-26(25)37-18(2)24-16-33(27(35)38-24)14-19-8-10-21(36-7)11-9-19;1-12-19-16(24-25(12)3)9-18(22)23-20(19)29-13(2)17-11-26(21(27)30-17)10-14-5-7-15(28-4)8-6-14;1-12-19-16(24-25(12)6)9-15(14-10-22-26(11-14)21(3,4)5)23-20(19)28-13(2)17-7-8-18(27)29-17;1-11(2,3)16-9-10(8-15-16)14-17-12(4,5)13(6,7)18-14/h8-13,15,18,24H,14,16H2,1-7H3;5-9,13,17H,10-11H2,1-4H3;9-11,13,17H,7-8H2,1-6H3;8-9H,1-7H3/t18-,24-;2*13-,17-;/m111./s1. The van der Waals surface area contributed by atoms with Crippen LogP contribution in [0.1, 0.15) is 152 Å². The number of amides is 2. The number of fused-ring (bicyclic) bond motifs is 3. The van der Waals surface area contributed by atoms with E-state index in [2.05, 4.69) is 126 Å². The first kappa shape index (κ1) is 83.6. The highest BCUT2D eigenvalue weighted by Gasteiger charge is 2.52. The number of methoxy groups -OCH3 is 2. The van der Waals surface area contributed by atoms with Crippen LogP contribution in [0.25, 0.3) is 55.2 Å². The van der Waals surface area contributed by atoms with Gasteiger partial charge in [0, 0.05) is 105 Å². The predicted octanol–water partition coefficient (Wildman–Crippen LogP) is 13.7. The highest BCUT2D eigenvalue weighted by Crippen LogP contribution is 2.39. The van der Waals surface area contributed by atoms with Crippen LogP contribution < -0.4 is 29.1 Å². The van der Waals surface area contributed by atoms with E-state index < -0.39 is 24.4 Å². The normalized spacial score (nSPS) is 18.1. The van der Waals surface area contributed by atoms with E-state index in [0.717, 1.165) is 94.9 Å². The molecule has 9 aromatic heterocycles. The maximum absolute atomic E-state index is 12.6. The average molecular weight is 1600 g/mol. The predicted molar refractivity (Wildman–Crippen MR) is 437 cm³/mol. The minimum absolute atomic E-state index is 0.0259. The molecule has 30 nitrogen and oxygen atoms in total. The number of rotatable bonds is 18. The third kappa shape index (κ3) is 18.6. The Kier molecular flexibility index (Phi) is 23.9. The lowest BCUT2D eigenvalue weighted by Gasteiger charge is -2.32. The van der Waals surface area contributed by atoms with Gasteiger partial charge in [0.25, 0.3) is 0 Å². The van der Waals surface area contributed by atoms with Crippen molar-refractivity contribution in [2.45, 2.75) is 222 Å². The van der Waals surface area contributed by atoms with Crippen molar-refractivity contribution in [2.75, 3.05) is 27.3 Å². The number of carbonyl (C=O) groups is 3. The molecule has 612 valence electrons. The van der Waals surface area contributed by atoms with Crippen LogP contribution >= 0.6 is 11.6 Å². The monoisotopic (exact) mass is 1600 g/mol. The summed E-state index contributed by atoms with van der Waals surface area (Å²) in [6.45, 7) is 40.5. The molecule has 0 saturated carbocycles. The number of cyclic esters (lactones) is 3. The van der Waals surface area contributed by atoms with E-state index in [9.17, 15) is 14.4 Å². The molecule has 0 radical (unpaired) electrons. The maximum atomic E-state index is 12.6. The maximum Gasteiger partial charge on any atom is 0.498 e. The molecule has 2 aromatic carbocycles. The first-order valence-electron chi connectivity index (χ1n) is 38.6. The summed E-state index contributed by atoms with van der Waals surface area (Å²) in [6.07, 6.45) is 9.49. The molecular weight excluding hydrogens is 1490 g/mol. The molecule has 4 aliphatic rings. The molecule has 2 amide bonds. The van der Waals surface area contributed by atoms with Crippen molar-refractivity contribution in [3.8, 4) is 51.7 Å². The van der Waals surface area contributed by atoms with Crippen molar-refractivity contribution in [3.63, 3.8) is 0 Å². The topological polar surface area (TPSA) is 296 Å². The quantitative estimate of drug-likeness (QED) is 0.0333. The highest BCUT2D eigenvalue weighted by molar-refractivity contribution is 6.62. The molecule has 6 atom stereocenters. The van der Waals surface area contributed by atoms with Crippen LogP contribution in [0.4, 0.5) is 9.59 Å². The lowest BCUT2D eigenvalue weighted by molar-refractivity contribution is -0.144. The van der Waals surface area contributed by atoms with Crippen molar-refractivity contribution >= 4 is 75.0 Å². The number of benzene rings is 2. The molecule has 13 heterocycles. The molecule has 0 bridgehead atoms. The minimum atomic E-state index is -0.443. The molecule has 0 spiro atoms. The second-order valence-corrected chi connectivity index (χ2v) is 34.1. The Balaban J connectivity index is 0.000000146. The Labute approximate surface area is 676 Å². The zero-order valence-electron chi connectivity index (χ0n) is 70.4. The van der Waals surface area contributed by atoms with Gasteiger partial charge in [-0.15, -0.1) is 0 Å².